The first-order chi connectivity index (χ1) is 13.7. The van der Waals surface area contributed by atoms with Crippen molar-refractivity contribution in [2.75, 3.05) is 11.9 Å². The summed E-state index contributed by atoms with van der Waals surface area (Å²) < 4.78 is 0. The van der Waals surface area contributed by atoms with Gasteiger partial charge in [-0.3, -0.25) is 9.59 Å². The number of hydrogen-bond donors (Lipinski definition) is 4. The molecule has 2 atom stereocenters. The van der Waals surface area contributed by atoms with Crippen LogP contribution in [0.5, 0.6) is 0 Å². The van der Waals surface area contributed by atoms with E-state index in [1.807, 2.05) is 42.5 Å². The molecule has 1 unspecified atom stereocenters. The molecule has 0 bridgehead atoms. The van der Waals surface area contributed by atoms with Crippen LogP contribution in [0.2, 0.25) is 0 Å². The number of rotatable bonds is 8. The highest BCUT2D eigenvalue weighted by Crippen LogP contribution is 2.17. The van der Waals surface area contributed by atoms with Crippen LogP contribution in [0.4, 0.5) is 5.69 Å². The molecule has 0 spiro atoms. The monoisotopic (exact) mass is 380 g/mol. The van der Waals surface area contributed by atoms with Gasteiger partial charge in [-0.2, -0.15) is 0 Å². The van der Waals surface area contributed by atoms with E-state index in [1.165, 1.54) is 11.1 Å². The number of anilines is 1. The van der Waals surface area contributed by atoms with Crippen LogP contribution < -0.4 is 21.7 Å². The molecule has 2 aromatic rings. The number of nitrogens with two attached hydrogens (primary N) is 1. The lowest BCUT2D eigenvalue weighted by Crippen LogP contribution is -2.53. The maximum atomic E-state index is 12.8. The van der Waals surface area contributed by atoms with E-state index in [9.17, 15) is 9.59 Å². The average Bonchev–Trinajstić information content (AvgIpc) is 2.73. The summed E-state index contributed by atoms with van der Waals surface area (Å²) in [6.07, 6.45) is 2.79. The highest BCUT2D eigenvalue weighted by atomic mass is 16.2. The van der Waals surface area contributed by atoms with Crippen molar-refractivity contribution in [1.29, 1.82) is 0 Å². The van der Waals surface area contributed by atoms with Crippen LogP contribution in [-0.4, -0.2) is 30.4 Å². The highest BCUT2D eigenvalue weighted by Gasteiger charge is 2.28. The lowest BCUT2D eigenvalue weighted by Gasteiger charge is -2.27. The normalized spacial score (nSPS) is 16.7. The van der Waals surface area contributed by atoms with Gasteiger partial charge >= 0.3 is 0 Å². The van der Waals surface area contributed by atoms with Gasteiger partial charge in [0.2, 0.25) is 11.8 Å². The van der Waals surface area contributed by atoms with E-state index in [4.69, 9.17) is 5.73 Å². The minimum absolute atomic E-state index is 0.143. The second-order valence-electron chi connectivity index (χ2n) is 7.11. The molecule has 1 heterocycles. The van der Waals surface area contributed by atoms with Crippen LogP contribution in [-0.2, 0) is 22.6 Å². The molecule has 0 saturated heterocycles. The summed E-state index contributed by atoms with van der Waals surface area (Å²) in [6, 6.07) is 16.5. The number of fused-ring (bicyclic) bond motifs is 1. The number of para-hydroxylation sites is 1. The highest BCUT2D eigenvalue weighted by molar-refractivity contribution is 5.97. The zero-order chi connectivity index (χ0) is 19.8. The summed E-state index contributed by atoms with van der Waals surface area (Å²) in [5.41, 5.74) is 8.69. The van der Waals surface area contributed by atoms with Crippen molar-refractivity contribution in [2.45, 2.75) is 44.3 Å². The van der Waals surface area contributed by atoms with Crippen molar-refractivity contribution in [3.8, 4) is 0 Å². The number of unbranched alkanes of at least 4 members (excludes halogenated alkanes) is 1. The Labute approximate surface area is 165 Å². The SMILES string of the molecule is NCCCCC(NC(=O)[C@@H]1Cc2ccccc2CN1)C(=O)Nc1ccccc1. The largest absolute Gasteiger partial charge is 0.343 e. The van der Waals surface area contributed by atoms with Gasteiger partial charge in [0, 0.05) is 12.2 Å². The summed E-state index contributed by atoms with van der Waals surface area (Å²) in [5, 5.41) is 9.10. The smallest absolute Gasteiger partial charge is 0.246 e. The van der Waals surface area contributed by atoms with Gasteiger partial charge in [0.1, 0.15) is 6.04 Å². The first kappa shape index (κ1) is 20.0. The minimum atomic E-state index is -0.585. The first-order valence-electron chi connectivity index (χ1n) is 9.84. The Morgan fingerprint density at radius 1 is 1.04 bits per heavy atom. The predicted molar refractivity (Wildman–Crippen MR) is 111 cm³/mol. The summed E-state index contributed by atoms with van der Waals surface area (Å²) in [4.78, 5) is 25.6. The molecule has 148 valence electrons. The fourth-order valence-corrected chi connectivity index (χ4v) is 3.42. The number of hydrogen-bond acceptors (Lipinski definition) is 4. The minimum Gasteiger partial charge on any atom is -0.343 e. The van der Waals surface area contributed by atoms with Crippen molar-refractivity contribution in [3.05, 3.63) is 65.7 Å². The van der Waals surface area contributed by atoms with E-state index in [0.29, 0.717) is 25.9 Å². The van der Waals surface area contributed by atoms with Crippen LogP contribution >= 0.6 is 0 Å². The van der Waals surface area contributed by atoms with E-state index in [2.05, 4.69) is 28.1 Å². The third kappa shape index (κ3) is 5.41. The molecule has 0 radical (unpaired) electrons. The Bertz CT molecular complexity index is 794. The van der Waals surface area contributed by atoms with Crippen LogP contribution in [0, 0.1) is 0 Å². The number of amides is 2. The van der Waals surface area contributed by atoms with Gasteiger partial charge in [-0.1, -0.05) is 42.5 Å². The van der Waals surface area contributed by atoms with Crippen LogP contribution in [0.25, 0.3) is 0 Å². The van der Waals surface area contributed by atoms with Crippen molar-refractivity contribution < 1.29 is 9.59 Å². The van der Waals surface area contributed by atoms with Crippen molar-refractivity contribution in [3.63, 3.8) is 0 Å². The van der Waals surface area contributed by atoms with E-state index >= 15 is 0 Å². The van der Waals surface area contributed by atoms with Gasteiger partial charge in [-0.15, -0.1) is 0 Å². The van der Waals surface area contributed by atoms with Gasteiger partial charge in [0.05, 0.1) is 6.04 Å². The van der Waals surface area contributed by atoms with E-state index in [-0.39, 0.29) is 17.9 Å². The number of carbonyl (C=O) groups excluding carboxylic acids is 2. The molecule has 2 aromatic carbocycles. The molecule has 0 aromatic heterocycles. The van der Waals surface area contributed by atoms with Gasteiger partial charge in [-0.25, -0.2) is 0 Å². The number of benzene rings is 2. The van der Waals surface area contributed by atoms with Crippen LogP contribution in [0.1, 0.15) is 30.4 Å². The zero-order valence-electron chi connectivity index (χ0n) is 16.0. The maximum absolute atomic E-state index is 12.8. The van der Waals surface area contributed by atoms with Crippen LogP contribution in [0.15, 0.2) is 54.6 Å². The fourth-order valence-electron chi connectivity index (χ4n) is 3.42. The van der Waals surface area contributed by atoms with Crippen LogP contribution in [0.3, 0.4) is 0 Å². The maximum Gasteiger partial charge on any atom is 0.246 e. The third-order valence-corrected chi connectivity index (χ3v) is 5.02. The molecule has 0 fully saturated rings. The molecule has 3 rings (SSSR count). The fraction of sp³-hybridized carbons (Fsp3) is 0.364. The molecule has 1 aliphatic heterocycles. The average molecular weight is 380 g/mol. The Hall–Kier alpha value is -2.70. The topological polar surface area (TPSA) is 96.2 Å². The van der Waals surface area contributed by atoms with Crippen molar-refractivity contribution in [1.82, 2.24) is 10.6 Å². The zero-order valence-corrected chi connectivity index (χ0v) is 16.0. The Kier molecular flexibility index (Phi) is 7.17. The first-order valence-corrected chi connectivity index (χ1v) is 9.84. The van der Waals surface area contributed by atoms with Gasteiger partial charge < -0.3 is 21.7 Å². The van der Waals surface area contributed by atoms with Crippen molar-refractivity contribution >= 4 is 17.5 Å². The molecule has 2 amide bonds. The molecule has 6 nitrogen and oxygen atoms in total. The van der Waals surface area contributed by atoms with Crippen molar-refractivity contribution in [2.24, 2.45) is 5.73 Å². The summed E-state index contributed by atoms with van der Waals surface area (Å²) in [7, 11) is 0. The lowest BCUT2D eigenvalue weighted by molar-refractivity contribution is -0.128. The molecule has 0 saturated carbocycles. The van der Waals surface area contributed by atoms with E-state index in [0.717, 1.165) is 18.5 Å². The number of carbonyl (C=O) groups is 2. The second kappa shape index (κ2) is 10.0. The second-order valence-corrected chi connectivity index (χ2v) is 7.11. The van der Waals surface area contributed by atoms with E-state index < -0.39 is 6.04 Å². The van der Waals surface area contributed by atoms with Gasteiger partial charge in [0.15, 0.2) is 0 Å². The van der Waals surface area contributed by atoms with E-state index in [1.54, 1.807) is 0 Å². The molecule has 5 N–H and O–H groups in total. The molecule has 6 heteroatoms. The Morgan fingerprint density at radius 3 is 2.50 bits per heavy atom. The quantitative estimate of drug-likeness (QED) is 0.527. The van der Waals surface area contributed by atoms with Gasteiger partial charge in [-0.05, 0) is 55.5 Å². The Morgan fingerprint density at radius 2 is 1.75 bits per heavy atom. The molecule has 0 aliphatic carbocycles. The molecular formula is C22H28N4O2. The molecule has 28 heavy (non-hydrogen) atoms. The van der Waals surface area contributed by atoms with Gasteiger partial charge in [0.25, 0.3) is 0 Å². The molecular weight excluding hydrogens is 352 g/mol. The summed E-state index contributed by atoms with van der Waals surface area (Å²) in [5.74, 6) is -0.344. The Balaban J connectivity index is 1.63. The standard InChI is InChI=1S/C22H28N4O2/c23-13-7-6-12-19(21(27)25-18-10-2-1-3-11-18)26-22(28)20-14-16-8-4-5-9-17(16)15-24-20/h1-5,8-11,19-20,24H,6-7,12-15,23H2,(H,25,27)(H,26,28)/t19?,20-/m0/s1. The summed E-state index contributed by atoms with van der Waals surface area (Å²) in [6.45, 7) is 1.23. The molecule has 1 aliphatic rings. The predicted octanol–water partition coefficient (Wildman–Crippen LogP) is 1.95. The summed E-state index contributed by atoms with van der Waals surface area (Å²) >= 11 is 0. The lowest BCUT2D eigenvalue weighted by atomic mass is 9.95. The third-order valence-electron chi connectivity index (χ3n) is 5.02. The number of nitrogens with one attached hydrogen (secondary N) is 3.